The van der Waals surface area contributed by atoms with Gasteiger partial charge in [0.15, 0.2) is 0 Å². The van der Waals surface area contributed by atoms with Crippen LogP contribution in [0.4, 0.5) is 5.69 Å². The molecule has 1 N–H and O–H groups in total. The Bertz CT molecular complexity index is 1340. The lowest BCUT2D eigenvalue weighted by Crippen LogP contribution is -2.15. The Hall–Kier alpha value is -3.72. The van der Waals surface area contributed by atoms with E-state index in [9.17, 15) is 8.42 Å². The van der Waals surface area contributed by atoms with Gasteiger partial charge in [0.1, 0.15) is 23.7 Å². The number of benzene rings is 2. The van der Waals surface area contributed by atoms with Crippen molar-refractivity contribution in [2.75, 3.05) is 4.72 Å². The lowest BCUT2D eigenvalue weighted by molar-refractivity contribution is 0.459. The summed E-state index contributed by atoms with van der Waals surface area (Å²) in [6.07, 6.45) is 5.09. The second-order valence-electron chi connectivity index (χ2n) is 7.54. The SMILES string of the molecule is Cc1cc(C)c(S(=O)(=O)Nc2ccc(Oc3cc(-n4ccnc4)nc(C)n3)cc2)c(C)c1. The molecule has 2 aromatic heterocycles. The quantitative estimate of drug-likeness (QED) is 0.466. The van der Waals surface area contributed by atoms with E-state index < -0.39 is 10.0 Å². The van der Waals surface area contributed by atoms with Crippen LogP contribution in [-0.4, -0.2) is 27.9 Å². The van der Waals surface area contributed by atoms with E-state index in [2.05, 4.69) is 19.7 Å². The molecule has 0 aliphatic carbocycles. The Balaban J connectivity index is 1.53. The molecule has 0 unspecified atom stereocenters. The van der Waals surface area contributed by atoms with Gasteiger partial charge < -0.3 is 4.74 Å². The number of rotatable bonds is 6. The molecule has 0 saturated carbocycles. The van der Waals surface area contributed by atoms with Gasteiger partial charge in [-0.15, -0.1) is 0 Å². The standard InChI is InChI=1S/C23H23N5O3S/c1-15-11-16(2)23(17(3)12-15)32(29,30)27-19-5-7-20(8-6-19)31-22-13-21(25-18(4)26-22)28-10-9-24-14-28/h5-14,27H,1-4H3. The third-order valence-electron chi connectivity index (χ3n) is 4.77. The number of aromatic nitrogens is 4. The Morgan fingerprint density at radius 1 is 0.938 bits per heavy atom. The van der Waals surface area contributed by atoms with Gasteiger partial charge in [-0.05, 0) is 63.1 Å². The Morgan fingerprint density at radius 3 is 2.25 bits per heavy atom. The number of nitrogens with one attached hydrogen (secondary N) is 1. The van der Waals surface area contributed by atoms with E-state index in [1.165, 1.54) is 0 Å². The van der Waals surface area contributed by atoms with Crippen LogP contribution in [0, 0.1) is 27.7 Å². The molecule has 8 nitrogen and oxygen atoms in total. The number of hydrogen-bond donors (Lipinski definition) is 1. The van der Waals surface area contributed by atoms with Crippen molar-refractivity contribution in [2.45, 2.75) is 32.6 Å². The van der Waals surface area contributed by atoms with Gasteiger partial charge in [0.2, 0.25) is 5.88 Å². The first-order valence-corrected chi connectivity index (χ1v) is 11.4. The van der Waals surface area contributed by atoms with Crippen LogP contribution in [0.25, 0.3) is 5.82 Å². The highest BCUT2D eigenvalue weighted by Crippen LogP contribution is 2.27. The third-order valence-corrected chi connectivity index (χ3v) is 6.46. The first-order valence-electron chi connectivity index (χ1n) is 9.94. The van der Waals surface area contributed by atoms with E-state index in [0.717, 1.165) is 5.56 Å². The average molecular weight is 450 g/mol. The van der Waals surface area contributed by atoms with Crippen LogP contribution in [0.5, 0.6) is 11.6 Å². The smallest absolute Gasteiger partial charge is 0.262 e. The molecule has 164 valence electrons. The van der Waals surface area contributed by atoms with Gasteiger partial charge in [-0.2, -0.15) is 4.98 Å². The van der Waals surface area contributed by atoms with E-state index in [-0.39, 0.29) is 0 Å². The summed E-state index contributed by atoms with van der Waals surface area (Å²) in [5, 5.41) is 0. The maximum Gasteiger partial charge on any atom is 0.262 e. The van der Waals surface area contributed by atoms with Gasteiger partial charge in [0, 0.05) is 24.1 Å². The molecule has 2 heterocycles. The predicted octanol–water partition coefficient (Wildman–Crippen LogP) is 4.49. The minimum absolute atomic E-state index is 0.298. The second-order valence-corrected chi connectivity index (χ2v) is 9.16. The normalized spacial score (nSPS) is 11.4. The zero-order valence-electron chi connectivity index (χ0n) is 18.2. The number of sulfonamides is 1. The summed E-state index contributed by atoms with van der Waals surface area (Å²) in [6.45, 7) is 7.32. The molecule has 4 aromatic rings. The molecule has 2 aromatic carbocycles. The number of aryl methyl sites for hydroxylation is 4. The molecule has 0 aliphatic heterocycles. The number of anilines is 1. The first-order chi connectivity index (χ1) is 15.2. The van der Waals surface area contributed by atoms with Crippen molar-refractivity contribution in [3.63, 3.8) is 0 Å². The molecule has 0 spiro atoms. The van der Waals surface area contributed by atoms with Gasteiger partial charge in [0.25, 0.3) is 10.0 Å². The van der Waals surface area contributed by atoms with E-state index >= 15 is 0 Å². The van der Waals surface area contributed by atoms with Gasteiger partial charge in [0.05, 0.1) is 4.90 Å². The van der Waals surface area contributed by atoms with E-state index in [4.69, 9.17) is 4.74 Å². The maximum absolute atomic E-state index is 13.0. The van der Waals surface area contributed by atoms with E-state index in [0.29, 0.717) is 45.0 Å². The maximum atomic E-state index is 13.0. The molecule has 0 amide bonds. The summed E-state index contributed by atoms with van der Waals surface area (Å²) < 4.78 is 36.2. The van der Waals surface area contributed by atoms with Crippen LogP contribution in [0.2, 0.25) is 0 Å². The van der Waals surface area contributed by atoms with Crippen molar-refractivity contribution in [1.82, 2.24) is 19.5 Å². The molecule has 9 heteroatoms. The third kappa shape index (κ3) is 4.62. The monoisotopic (exact) mass is 449 g/mol. The molecule has 32 heavy (non-hydrogen) atoms. The molecular weight excluding hydrogens is 426 g/mol. The zero-order chi connectivity index (χ0) is 22.9. The highest BCUT2D eigenvalue weighted by molar-refractivity contribution is 7.92. The summed E-state index contributed by atoms with van der Waals surface area (Å²) in [5.74, 6) is 2.09. The van der Waals surface area contributed by atoms with Gasteiger partial charge in [-0.25, -0.2) is 18.4 Å². The molecule has 0 aliphatic rings. The Kier molecular flexibility index (Phi) is 5.67. The molecular formula is C23H23N5O3S. The van der Waals surface area contributed by atoms with Crippen LogP contribution >= 0.6 is 0 Å². The first kappa shape index (κ1) is 21.5. The molecule has 4 rings (SSSR count). The lowest BCUT2D eigenvalue weighted by Gasteiger charge is -2.14. The number of hydrogen-bond acceptors (Lipinski definition) is 6. The summed E-state index contributed by atoms with van der Waals surface area (Å²) in [7, 11) is -3.72. The average Bonchev–Trinajstić information content (AvgIpc) is 3.23. The summed E-state index contributed by atoms with van der Waals surface area (Å²) in [6, 6.07) is 12.1. The van der Waals surface area contributed by atoms with Crippen molar-refractivity contribution in [2.24, 2.45) is 0 Å². The minimum Gasteiger partial charge on any atom is -0.439 e. The van der Waals surface area contributed by atoms with Crippen molar-refractivity contribution >= 4 is 15.7 Å². The fourth-order valence-corrected chi connectivity index (χ4v) is 5.13. The van der Waals surface area contributed by atoms with E-state index in [1.54, 1.807) is 74.4 Å². The molecule has 0 saturated heterocycles. The summed E-state index contributed by atoms with van der Waals surface area (Å²) in [4.78, 5) is 13.0. The number of ether oxygens (including phenoxy) is 1. The zero-order valence-corrected chi connectivity index (χ0v) is 19.0. The fourth-order valence-electron chi connectivity index (χ4n) is 3.61. The molecule has 0 fully saturated rings. The van der Waals surface area contributed by atoms with Gasteiger partial charge in [-0.1, -0.05) is 17.7 Å². The van der Waals surface area contributed by atoms with Crippen LogP contribution in [0.15, 0.2) is 66.1 Å². The highest BCUT2D eigenvalue weighted by Gasteiger charge is 2.20. The molecule has 0 atom stereocenters. The fraction of sp³-hybridized carbons (Fsp3) is 0.174. The largest absolute Gasteiger partial charge is 0.439 e. The van der Waals surface area contributed by atoms with Crippen molar-refractivity contribution in [3.8, 4) is 17.4 Å². The van der Waals surface area contributed by atoms with Crippen LogP contribution in [0.1, 0.15) is 22.5 Å². The number of imidazole rings is 1. The Labute approximate surface area is 187 Å². The molecule has 0 bridgehead atoms. The van der Waals surface area contributed by atoms with Crippen molar-refractivity contribution < 1.29 is 13.2 Å². The number of nitrogens with zero attached hydrogens (tertiary/aromatic N) is 4. The predicted molar refractivity (Wildman–Crippen MR) is 122 cm³/mol. The molecule has 0 radical (unpaired) electrons. The topological polar surface area (TPSA) is 99.0 Å². The van der Waals surface area contributed by atoms with Gasteiger partial charge >= 0.3 is 0 Å². The van der Waals surface area contributed by atoms with Crippen molar-refractivity contribution in [1.29, 1.82) is 0 Å². The highest BCUT2D eigenvalue weighted by atomic mass is 32.2. The summed E-state index contributed by atoms with van der Waals surface area (Å²) >= 11 is 0. The second kappa shape index (κ2) is 8.43. The van der Waals surface area contributed by atoms with Crippen LogP contribution < -0.4 is 9.46 Å². The summed E-state index contributed by atoms with van der Waals surface area (Å²) in [5.41, 5.74) is 2.89. The van der Waals surface area contributed by atoms with E-state index in [1.807, 2.05) is 19.1 Å². The minimum atomic E-state index is -3.72. The lowest BCUT2D eigenvalue weighted by atomic mass is 10.1. The van der Waals surface area contributed by atoms with Crippen LogP contribution in [0.3, 0.4) is 0 Å². The Morgan fingerprint density at radius 2 is 1.62 bits per heavy atom. The van der Waals surface area contributed by atoms with Gasteiger partial charge in [-0.3, -0.25) is 9.29 Å². The van der Waals surface area contributed by atoms with Crippen LogP contribution in [-0.2, 0) is 10.0 Å². The van der Waals surface area contributed by atoms with Crippen molar-refractivity contribution in [3.05, 3.63) is 83.7 Å².